The van der Waals surface area contributed by atoms with E-state index in [1.54, 1.807) is 0 Å². The lowest BCUT2D eigenvalue weighted by molar-refractivity contribution is 0.0823. The Hall–Kier alpha value is -0.0400. The molecule has 0 N–H and O–H groups in total. The van der Waals surface area contributed by atoms with E-state index in [9.17, 15) is 0 Å². The van der Waals surface area contributed by atoms with Crippen LogP contribution in [0.1, 0.15) is 41.0 Å². The SMILES string of the molecule is CC(C)C(C)N1CCC(C)C(C)C1. The van der Waals surface area contributed by atoms with Gasteiger partial charge in [0.05, 0.1) is 0 Å². The highest BCUT2D eigenvalue weighted by molar-refractivity contribution is 4.79. The Morgan fingerprint density at radius 3 is 2.15 bits per heavy atom. The first-order chi connectivity index (χ1) is 6.02. The van der Waals surface area contributed by atoms with Crippen LogP contribution in [0.4, 0.5) is 0 Å². The van der Waals surface area contributed by atoms with Crippen LogP contribution in [-0.2, 0) is 0 Å². The minimum absolute atomic E-state index is 0.759. The smallest absolute Gasteiger partial charge is 0.00900 e. The molecule has 0 aliphatic carbocycles. The van der Waals surface area contributed by atoms with Gasteiger partial charge >= 0.3 is 0 Å². The summed E-state index contributed by atoms with van der Waals surface area (Å²) in [5.41, 5.74) is 0. The summed E-state index contributed by atoms with van der Waals surface area (Å²) in [4.78, 5) is 2.66. The maximum absolute atomic E-state index is 2.66. The highest BCUT2D eigenvalue weighted by Gasteiger charge is 2.26. The van der Waals surface area contributed by atoms with E-state index in [0.717, 1.165) is 23.8 Å². The molecule has 78 valence electrons. The average molecular weight is 183 g/mol. The van der Waals surface area contributed by atoms with Crippen LogP contribution in [0, 0.1) is 17.8 Å². The molecule has 3 atom stereocenters. The van der Waals surface area contributed by atoms with E-state index in [4.69, 9.17) is 0 Å². The second kappa shape index (κ2) is 4.45. The first-order valence-electron chi connectivity index (χ1n) is 5.76. The molecule has 1 rings (SSSR count). The van der Waals surface area contributed by atoms with Crippen molar-refractivity contribution in [2.45, 2.75) is 47.1 Å². The third kappa shape index (κ3) is 2.70. The summed E-state index contributed by atoms with van der Waals surface area (Å²) in [6, 6.07) is 0.759. The molecule has 0 amide bonds. The molecule has 0 spiro atoms. The summed E-state index contributed by atoms with van der Waals surface area (Å²) in [6.07, 6.45) is 1.39. The second-order valence-electron chi connectivity index (χ2n) is 5.22. The lowest BCUT2D eigenvalue weighted by Crippen LogP contribution is -2.45. The number of rotatable bonds is 2. The number of likely N-dealkylation sites (tertiary alicyclic amines) is 1. The first kappa shape index (κ1) is 11.0. The van der Waals surface area contributed by atoms with Crippen LogP contribution in [0.25, 0.3) is 0 Å². The standard InChI is InChI=1S/C12H25N/c1-9(2)12(5)13-7-6-10(3)11(4)8-13/h9-12H,6-8H2,1-5H3. The van der Waals surface area contributed by atoms with Crippen LogP contribution in [0.5, 0.6) is 0 Å². The zero-order chi connectivity index (χ0) is 10.0. The van der Waals surface area contributed by atoms with Gasteiger partial charge in [0.25, 0.3) is 0 Å². The predicted octanol–water partition coefficient (Wildman–Crippen LogP) is 3.01. The molecule has 1 aliphatic heterocycles. The maximum Gasteiger partial charge on any atom is 0.00900 e. The molecule has 0 aromatic rings. The van der Waals surface area contributed by atoms with E-state index in [1.165, 1.54) is 19.5 Å². The van der Waals surface area contributed by atoms with Gasteiger partial charge in [0, 0.05) is 12.6 Å². The maximum atomic E-state index is 2.66. The van der Waals surface area contributed by atoms with Crippen molar-refractivity contribution in [2.24, 2.45) is 17.8 Å². The molecule has 1 saturated heterocycles. The molecule has 1 aliphatic rings. The number of nitrogens with zero attached hydrogens (tertiary/aromatic N) is 1. The van der Waals surface area contributed by atoms with Crippen molar-refractivity contribution in [1.29, 1.82) is 0 Å². The summed E-state index contributed by atoms with van der Waals surface area (Å²) in [5, 5.41) is 0. The minimum Gasteiger partial charge on any atom is -0.300 e. The van der Waals surface area contributed by atoms with Crippen LogP contribution in [-0.4, -0.2) is 24.0 Å². The molecular weight excluding hydrogens is 158 g/mol. The monoisotopic (exact) mass is 183 g/mol. The van der Waals surface area contributed by atoms with Crippen molar-refractivity contribution < 1.29 is 0 Å². The van der Waals surface area contributed by atoms with Crippen molar-refractivity contribution in [3.63, 3.8) is 0 Å². The van der Waals surface area contributed by atoms with Gasteiger partial charge < -0.3 is 4.90 Å². The number of hydrogen-bond acceptors (Lipinski definition) is 1. The van der Waals surface area contributed by atoms with E-state index in [-0.39, 0.29) is 0 Å². The van der Waals surface area contributed by atoms with Gasteiger partial charge in [0.15, 0.2) is 0 Å². The summed E-state index contributed by atoms with van der Waals surface area (Å²) >= 11 is 0. The summed E-state index contributed by atoms with van der Waals surface area (Å²) in [5.74, 6) is 2.60. The van der Waals surface area contributed by atoms with Gasteiger partial charge in [-0.05, 0) is 37.6 Å². The van der Waals surface area contributed by atoms with Gasteiger partial charge in [-0.15, -0.1) is 0 Å². The lowest BCUT2D eigenvalue weighted by Gasteiger charge is -2.40. The number of hydrogen-bond donors (Lipinski definition) is 0. The van der Waals surface area contributed by atoms with Crippen molar-refractivity contribution in [1.82, 2.24) is 4.90 Å². The molecular formula is C12H25N. The Morgan fingerprint density at radius 1 is 1.08 bits per heavy atom. The Morgan fingerprint density at radius 2 is 1.69 bits per heavy atom. The largest absolute Gasteiger partial charge is 0.300 e. The summed E-state index contributed by atoms with van der Waals surface area (Å²) in [6.45, 7) is 14.4. The molecule has 3 unspecified atom stereocenters. The molecule has 0 aromatic heterocycles. The topological polar surface area (TPSA) is 3.24 Å². The van der Waals surface area contributed by atoms with Crippen LogP contribution < -0.4 is 0 Å². The Labute approximate surface area is 83.5 Å². The molecule has 1 heteroatoms. The van der Waals surface area contributed by atoms with E-state index in [1.807, 2.05) is 0 Å². The van der Waals surface area contributed by atoms with Crippen molar-refractivity contribution in [3.05, 3.63) is 0 Å². The Balaban J connectivity index is 2.45. The third-order valence-electron chi connectivity index (χ3n) is 3.91. The van der Waals surface area contributed by atoms with Gasteiger partial charge in [-0.25, -0.2) is 0 Å². The molecule has 0 radical (unpaired) electrons. The molecule has 1 heterocycles. The van der Waals surface area contributed by atoms with Crippen LogP contribution in [0.15, 0.2) is 0 Å². The molecule has 0 bridgehead atoms. The fraction of sp³-hybridized carbons (Fsp3) is 1.00. The minimum atomic E-state index is 0.759. The van der Waals surface area contributed by atoms with Gasteiger partial charge in [-0.1, -0.05) is 27.7 Å². The quantitative estimate of drug-likeness (QED) is 0.636. The van der Waals surface area contributed by atoms with Gasteiger partial charge in [0.2, 0.25) is 0 Å². The average Bonchev–Trinajstić information content (AvgIpc) is 2.08. The Kier molecular flexibility index (Phi) is 3.78. The lowest BCUT2D eigenvalue weighted by atomic mass is 9.87. The first-order valence-corrected chi connectivity index (χ1v) is 5.76. The second-order valence-corrected chi connectivity index (χ2v) is 5.22. The van der Waals surface area contributed by atoms with Gasteiger partial charge in [-0.2, -0.15) is 0 Å². The van der Waals surface area contributed by atoms with E-state index in [0.29, 0.717) is 0 Å². The molecule has 1 nitrogen and oxygen atoms in total. The molecule has 0 saturated carbocycles. The highest BCUT2D eigenvalue weighted by atomic mass is 15.2. The summed E-state index contributed by atoms with van der Waals surface area (Å²) < 4.78 is 0. The molecule has 13 heavy (non-hydrogen) atoms. The molecule has 1 fully saturated rings. The fourth-order valence-electron chi connectivity index (χ4n) is 2.09. The normalized spacial score (nSPS) is 33.7. The fourth-order valence-corrected chi connectivity index (χ4v) is 2.09. The highest BCUT2D eigenvalue weighted by Crippen LogP contribution is 2.25. The van der Waals surface area contributed by atoms with Gasteiger partial charge in [0.1, 0.15) is 0 Å². The van der Waals surface area contributed by atoms with E-state index < -0.39 is 0 Å². The number of piperidine rings is 1. The van der Waals surface area contributed by atoms with Crippen molar-refractivity contribution in [3.8, 4) is 0 Å². The predicted molar refractivity (Wildman–Crippen MR) is 58.8 cm³/mol. The van der Waals surface area contributed by atoms with Crippen LogP contribution in [0.3, 0.4) is 0 Å². The Bertz CT molecular complexity index is 153. The van der Waals surface area contributed by atoms with Crippen LogP contribution >= 0.6 is 0 Å². The zero-order valence-corrected chi connectivity index (χ0v) is 9.88. The van der Waals surface area contributed by atoms with Crippen molar-refractivity contribution in [2.75, 3.05) is 13.1 Å². The van der Waals surface area contributed by atoms with Gasteiger partial charge in [-0.3, -0.25) is 0 Å². The van der Waals surface area contributed by atoms with Crippen LogP contribution in [0.2, 0.25) is 0 Å². The third-order valence-corrected chi connectivity index (χ3v) is 3.91. The molecule has 0 aromatic carbocycles. The van der Waals surface area contributed by atoms with E-state index in [2.05, 4.69) is 39.5 Å². The summed E-state index contributed by atoms with van der Waals surface area (Å²) in [7, 11) is 0. The zero-order valence-electron chi connectivity index (χ0n) is 9.88. The van der Waals surface area contributed by atoms with Crippen molar-refractivity contribution >= 4 is 0 Å². The van der Waals surface area contributed by atoms with E-state index >= 15 is 0 Å².